The van der Waals surface area contributed by atoms with Crippen LogP contribution in [0.4, 0.5) is 52.7 Å². The molecule has 0 saturated carbocycles. The van der Waals surface area contributed by atoms with Crippen LogP contribution in [-0.2, 0) is 13.6 Å². The fourth-order valence-corrected chi connectivity index (χ4v) is 4.26. The monoisotopic (exact) mass is 428 g/mol. The molecule has 1 heterocycles. The highest BCUT2D eigenvalue weighted by atomic mass is 35.5. The Hall–Kier alpha value is -0.400. The highest BCUT2D eigenvalue weighted by Crippen LogP contribution is 2.78. The molecule has 0 radical (unpaired) electrons. The van der Waals surface area contributed by atoms with Gasteiger partial charge in [-0.3, -0.25) is 13.6 Å². The third-order valence-electron chi connectivity index (χ3n) is 2.57. The molecule has 0 aromatic carbocycles. The van der Waals surface area contributed by atoms with Crippen LogP contribution in [-0.4, -0.2) is 41.5 Å². The third-order valence-corrected chi connectivity index (χ3v) is 5.56. The Morgan fingerprint density at radius 3 is 1.42 bits per heavy atom. The molecule has 0 bridgehead atoms. The summed E-state index contributed by atoms with van der Waals surface area (Å²) >= 11 is 4.60. The van der Waals surface area contributed by atoms with Crippen molar-refractivity contribution in [1.29, 1.82) is 0 Å². The minimum atomic E-state index is -6.44. The fraction of sp³-hybridized carbons (Fsp3) is 1.00. The van der Waals surface area contributed by atoms with E-state index in [1.165, 1.54) is 0 Å². The van der Waals surface area contributed by atoms with Crippen LogP contribution in [0.2, 0.25) is 0 Å². The van der Waals surface area contributed by atoms with Gasteiger partial charge in [-0.25, -0.2) is 0 Å². The van der Waals surface area contributed by atoms with Crippen LogP contribution < -0.4 is 0 Å². The SMILES string of the molecule is O=P1(OC(C(F)(F)F)C(F)(F)F)OC(C(F)(F)F)(C(F)(F)F)C1Cl. The second kappa shape index (κ2) is 5.55. The van der Waals surface area contributed by atoms with Gasteiger partial charge in [0, 0.05) is 0 Å². The van der Waals surface area contributed by atoms with E-state index in [1.807, 2.05) is 0 Å². The van der Waals surface area contributed by atoms with Gasteiger partial charge in [-0.15, -0.1) is 11.6 Å². The number of hydrogen-bond acceptors (Lipinski definition) is 3. The Labute approximate surface area is 128 Å². The predicted molar refractivity (Wildman–Crippen MR) is 50.2 cm³/mol. The fourth-order valence-electron chi connectivity index (χ4n) is 1.53. The molecule has 1 aliphatic rings. The molecule has 0 aliphatic carbocycles. The van der Waals surface area contributed by atoms with Crippen molar-refractivity contribution in [3.63, 3.8) is 0 Å². The molecule has 17 heteroatoms. The average Bonchev–Trinajstić information content (AvgIpc) is 2.26. The van der Waals surface area contributed by atoms with Gasteiger partial charge < -0.3 is 0 Å². The number of hydrogen-bond donors (Lipinski definition) is 0. The molecule has 24 heavy (non-hydrogen) atoms. The van der Waals surface area contributed by atoms with Crippen LogP contribution in [0.1, 0.15) is 0 Å². The zero-order valence-corrected chi connectivity index (χ0v) is 11.9. The molecule has 1 rings (SSSR count). The molecule has 0 aromatic heterocycles. The summed E-state index contributed by atoms with van der Waals surface area (Å²) in [5, 5.41) is -3.91. The first-order valence-electron chi connectivity index (χ1n) is 5.10. The van der Waals surface area contributed by atoms with Crippen molar-refractivity contribution in [3.05, 3.63) is 0 Å². The molecular weight excluding hydrogens is 426 g/mol. The van der Waals surface area contributed by atoms with E-state index in [0.29, 0.717) is 0 Å². The van der Waals surface area contributed by atoms with Crippen molar-refractivity contribution in [2.45, 2.75) is 41.5 Å². The standard InChI is InChI=1S/C7H2ClF12O3P/c8-2-3(6(15,16)17,7(18,19)20)23-24(2,21)22-1(4(9,10)11)5(12,13)14/h1-2H. The van der Waals surface area contributed by atoms with Gasteiger partial charge in [0.2, 0.25) is 0 Å². The van der Waals surface area contributed by atoms with E-state index in [0.717, 1.165) is 0 Å². The van der Waals surface area contributed by atoms with E-state index in [-0.39, 0.29) is 0 Å². The Morgan fingerprint density at radius 2 is 1.21 bits per heavy atom. The first-order valence-corrected chi connectivity index (χ1v) is 7.15. The highest BCUT2D eigenvalue weighted by Gasteiger charge is 2.88. The molecule has 0 aromatic rings. The van der Waals surface area contributed by atoms with Crippen molar-refractivity contribution in [2.24, 2.45) is 0 Å². The van der Waals surface area contributed by atoms with Gasteiger partial charge in [0.05, 0.1) is 0 Å². The predicted octanol–water partition coefficient (Wildman–Crippen LogP) is 5.15. The Balaban J connectivity index is 3.25. The lowest BCUT2D eigenvalue weighted by molar-refractivity contribution is -0.374. The quantitative estimate of drug-likeness (QED) is 0.347. The summed E-state index contributed by atoms with van der Waals surface area (Å²) in [5.41, 5.74) is -5.43. The molecule has 3 nitrogen and oxygen atoms in total. The van der Waals surface area contributed by atoms with Crippen LogP contribution in [0.15, 0.2) is 0 Å². The summed E-state index contributed by atoms with van der Waals surface area (Å²) in [4.78, 5) is 0. The van der Waals surface area contributed by atoms with Crippen molar-refractivity contribution in [2.75, 3.05) is 0 Å². The molecule has 2 atom stereocenters. The summed E-state index contributed by atoms with van der Waals surface area (Å²) in [6.45, 7) is 0. The Bertz CT molecular complexity index is 499. The number of halogens is 13. The van der Waals surface area contributed by atoms with Crippen LogP contribution in [0.3, 0.4) is 0 Å². The molecule has 1 aliphatic heterocycles. The lowest BCUT2D eigenvalue weighted by Crippen LogP contribution is -2.70. The zero-order valence-electron chi connectivity index (χ0n) is 10.2. The topological polar surface area (TPSA) is 35.5 Å². The maximum atomic E-state index is 12.5. The van der Waals surface area contributed by atoms with Gasteiger partial charge in [-0.1, -0.05) is 0 Å². The van der Waals surface area contributed by atoms with Crippen LogP contribution in [0.5, 0.6) is 0 Å². The lowest BCUT2D eigenvalue weighted by Gasteiger charge is -2.51. The van der Waals surface area contributed by atoms with Gasteiger partial charge in [0.15, 0.2) is 5.12 Å². The Kier molecular flexibility index (Phi) is 5.00. The van der Waals surface area contributed by atoms with Gasteiger partial charge >= 0.3 is 32.3 Å². The summed E-state index contributed by atoms with van der Waals surface area (Å²) in [6.07, 6.45) is -30.6. The number of alkyl halides is 13. The first-order chi connectivity index (χ1) is 10.2. The normalized spacial score (nSPS) is 28.8. The summed E-state index contributed by atoms with van der Waals surface area (Å²) in [7, 11) is -6.26. The van der Waals surface area contributed by atoms with E-state index in [1.54, 1.807) is 0 Å². The third kappa shape index (κ3) is 3.31. The maximum Gasteiger partial charge on any atom is 0.429 e. The van der Waals surface area contributed by atoms with Crippen molar-refractivity contribution in [3.8, 4) is 0 Å². The second-order valence-electron chi connectivity index (χ2n) is 4.27. The maximum absolute atomic E-state index is 12.5. The molecule has 0 N–H and O–H groups in total. The van der Waals surface area contributed by atoms with E-state index in [2.05, 4.69) is 20.6 Å². The van der Waals surface area contributed by atoms with Crippen molar-refractivity contribution >= 4 is 19.2 Å². The molecule has 1 fully saturated rings. The van der Waals surface area contributed by atoms with E-state index in [9.17, 15) is 57.3 Å². The average molecular weight is 428 g/mol. The van der Waals surface area contributed by atoms with Gasteiger partial charge in [-0.2, -0.15) is 52.7 Å². The van der Waals surface area contributed by atoms with Crippen molar-refractivity contribution < 1.29 is 66.3 Å². The number of rotatable bonds is 2. The second-order valence-corrected chi connectivity index (χ2v) is 7.00. The van der Waals surface area contributed by atoms with E-state index in [4.69, 9.17) is 0 Å². The molecule has 144 valence electrons. The first kappa shape index (κ1) is 21.6. The van der Waals surface area contributed by atoms with Crippen LogP contribution in [0.25, 0.3) is 0 Å². The van der Waals surface area contributed by atoms with Gasteiger partial charge in [0.1, 0.15) is 0 Å². The molecule has 2 unspecified atom stereocenters. The van der Waals surface area contributed by atoms with Crippen LogP contribution >= 0.6 is 19.2 Å². The Morgan fingerprint density at radius 1 is 0.875 bits per heavy atom. The summed E-state index contributed by atoms with van der Waals surface area (Å²) in [6, 6.07) is 0. The molecule has 0 spiro atoms. The smallest absolute Gasteiger partial charge is 0.285 e. The lowest BCUT2D eigenvalue weighted by atomic mass is 10.1. The molecule has 0 amide bonds. The minimum Gasteiger partial charge on any atom is -0.285 e. The summed E-state index contributed by atoms with van der Waals surface area (Å²) in [5.74, 6) is 0. The van der Waals surface area contributed by atoms with E-state index < -0.39 is 49.1 Å². The van der Waals surface area contributed by atoms with Crippen LogP contribution in [0, 0.1) is 0 Å². The molecule has 1 saturated heterocycles. The van der Waals surface area contributed by atoms with E-state index >= 15 is 0 Å². The molecular formula is C7H2ClF12O3P. The zero-order chi connectivity index (χ0) is 19.6. The van der Waals surface area contributed by atoms with Crippen molar-refractivity contribution in [1.82, 2.24) is 0 Å². The highest BCUT2D eigenvalue weighted by molar-refractivity contribution is 7.58. The largest absolute Gasteiger partial charge is 0.429 e. The summed E-state index contributed by atoms with van der Waals surface area (Å²) < 4.78 is 165. The van der Waals surface area contributed by atoms with Gasteiger partial charge in [0.25, 0.3) is 11.7 Å². The van der Waals surface area contributed by atoms with Gasteiger partial charge in [-0.05, 0) is 0 Å². The minimum absolute atomic E-state index is 2.91.